The van der Waals surface area contributed by atoms with Crippen LogP contribution in [0.4, 0.5) is 0 Å². The summed E-state index contributed by atoms with van der Waals surface area (Å²) < 4.78 is 37.5. The molecule has 0 spiro atoms. The molecular weight excluding hydrogens is 391 g/mol. The molecule has 0 amide bonds. The molecule has 0 aliphatic carbocycles. The Morgan fingerprint density at radius 1 is 1.03 bits per heavy atom. The second-order valence-electron chi connectivity index (χ2n) is 7.96. The quantitative estimate of drug-likeness (QED) is 0.458. The molecule has 1 unspecified atom stereocenters. The van der Waals surface area contributed by atoms with Gasteiger partial charge in [-0.3, -0.25) is 13.6 Å². The zero-order valence-corrected chi connectivity index (χ0v) is 19.7. The Morgan fingerprint density at radius 3 is 2.17 bits per heavy atom. The van der Waals surface area contributed by atoms with E-state index >= 15 is 0 Å². The van der Waals surface area contributed by atoms with E-state index in [0.29, 0.717) is 0 Å². The summed E-state index contributed by atoms with van der Waals surface area (Å²) in [7, 11) is 2.01. The summed E-state index contributed by atoms with van der Waals surface area (Å²) in [5.41, 5.74) is 2.14. The highest BCUT2D eigenvalue weighted by Gasteiger charge is 2.33. The first-order chi connectivity index (χ1) is 13.5. The smallest absolute Gasteiger partial charge is 0.477 e. The first-order valence-electron chi connectivity index (χ1n) is 10.0. The lowest BCUT2D eigenvalue weighted by molar-refractivity contribution is 0.0313. The van der Waals surface area contributed by atoms with E-state index in [1.54, 1.807) is 34.8 Å². The van der Waals surface area contributed by atoms with Crippen molar-refractivity contribution in [1.29, 1.82) is 0 Å². The number of ether oxygens (including phenoxy) is 1. The van der Waals surface area contributed by atoms with Crippen LogP contribution in [-0.4, -0.2) is 49.4 Å². The fourth-order valence-electron chi connectivity index (χ4n) is 3.10. The van der Waals surface area contributed by atoms with Crippen molar-refractivity contribution in [3.05, 3.63) is 30.0 Å². The van der Waals surface area contributed by atoms with E-state index in [-0.39, 0.29) is 12.2 Å². The zero-order valence-electron chi connectivity index (χ0n) is 18.8. The molecule has 8 heteroatoms. The second-order valence-corrected chi connectivity index (χ2v) is 9.49. The summed E-state index contributed by atoms with van der Waals surface area (Å²) in [4.78, 5) is 2.15. The third kappa shape index (κ3) is 6.56. The van der Waals surface area contributed by atoms with Gasteiger partial charge in [0.2, 0.25) is 0 Å². The number of hydrogen-bond acceptors (Lipinski definition) is 6. The van der Waals surface area contributed by atoms with Crippen LogP contribution in [0.25, 0.3) is 10.9 Å². The number of rotatable bonds is 11. The van der Waals surface area contributed by atoms with Crippen molar-refractivity contribution in [2.45, 2.75) is 59.5 Å². The van der Waals surface area contributed by atoms with Crippen LogP contribution in [0.1, 0.15) is 46.4 Å². The number of methoxy groups -OCH3 is 1. The summed E-state index contributed by atoms with van der Waals surface area (Å²) in [5, 5.41) is 1.12. The molecular formula is C21H35N2O5P. The predicted octanol–water partition coefficient (Wildman–Crippen LogP) is 5.25. The largest absolute Gasteiger partial charge is 0.497 e. The second kappa shape index (κ2) is 10.1. The van der Waals surface area contributed by atoms with Gasteiger partial charge in [0.15, 0.2) is 0 Å². The van der Waals surface area contributed by atoms with Crippen molar-refractivity contribution in [2.24, 2.45) is 0 Å². The van der Waals surface area contributed by atoms with Gasteiger partial charge in [-0.1, -0.05) is 0 Å². The molecule has 0 radical (unpaired) electrons. The van der Waals surface area contributed by atoms with Crippen molar-refractivity contribution >= 4 is 18.7 Å². The molecule has 0 bridgehead atoms. The first-order valence-corrected chi connectivity index (χ1v) is 11.5. The Labute approximate surface area is 174 Å². The van der Waals surface area contributed by atoms with Gasteiger partial charge in [0.1, 0.15) is 12.0 Å². The molecule has 1 atom stereocenters. The monoisotopic (exact) mass is 426 g/mol. The highest BCUT2D eigenvalue weighted by atomic mass is 31.2. The van der Waals surface area contributed by atoms with Crippen molar-refractivity contribution < 1.29 is 22.9 Å². The standard InChI is InChI=1S/C21H35N2O5P/c1-15(2)26-29(24,27-16(3)4)28-17(5)23-14-18(11-12-22(6)7)20-10-9-19(25-8)13-21(20)23/h9-10,13-17H,11-12H2,1-8H3. The van der Waals surface area contributed by atoms with Crippen LogP contribution in [0.2, 0.25) is 0 Å². The minimum absolute atomic E-state index is 0.288. The van der Waals surface area contributed by atoms with Gasteiger partial charge in [0, 0.05) is 24.2 Å². The van der Waals surface area contributed by atoms with Crippen molar-refractivity contribution in [3.63, 3.8) is 0 Å². The lowest BCUT2D eigenvalue weighted by Crippen LogP contribution is -2.15. The fourth-order valence-corrected chi connectivity index (χ4v) is 4.76. The van der Waals surface area contributed by atoms with Gasteiger partial charge in [0.25, 0.3) is 0 Å². The van der Waals surface area contributed by atoms with Gasteiger partial charge in [-0.2, -0.15) is 0 Å². The average molecular weight is 426 g/mol. The third-order valence-corrected chi connectivity index (χ3v) is 6.23. The van der Waals surface area contributed by atoms with Gasteiger partial charge in [-0.05, 0) is 72.8 Å². The first kappa shape index (κ1) is 23.9. The van der Waals surface area contributed by atoms with Gasteiger partial charge < -0.3 is 14.2 Å². The molecule has 0 saturated heterocycles. The maximum absolute atomic E-state index is 13.2. The minimum Gasteiger partial charge on any atom is -0.497 e. The molecule has 164 valence electrons. The van der Waals surface area contributed by atoms with E-state index in [0.717, 1.165) is 29.6 Å². The Kier molecular flexibility index (Phi) is 8.32. The van der Waals surface area contributed by atoms with Crippen LogP contribution in [0.15, 0.2) is 24.4 Å². The molecule has 0 saturated carbocycles. The van der Waals surface area contributed by atoms with Gasteiger partial charge in [0.05, 0.1) is 24.8 Å². The molecule has 0 aliphatic heterocycles. The number of hydrogen-bond donors (Lipinski definition) is 0. The maximum atomic E-state index is 13.2. The fraction of sp³-hybridized carbons (Fsp3) is 0.619. The van der Waals surface area contributed by atoms with E-state index in [4.69, 9.17) is 18.3 Å². The molecule has 1 aromatic heterocycles. The highest BCUT2D eigenvalue weighted by Crippen LogP contribution is 2.54. The Bertz CT molecular complexity index is 833. The Balaban J connectivity index is 2.42. The number of phosphoric acid groups is 1. The van der Waals surface area contributed by atoms with Crippen LogP contribution in [0.3, 0.4) is 0 Å². The Hall–Kier alpha value is -1.37. The van der Waals surface area contributed by atoms with Crippen LogP contribution >= 0.6 is 7.82 Å². The van der Waals surface area contributed by atoms with E-state index in [2.05, 4.69) is 25.1 Å². The molecule has 2 rings (SSSR count). The van der Waals surface area contributed by atoms with Crippen LogP contribution < -0.4 is 4.74 Å². The van der Waals surface area contributed by atoms with Crippen molar-refractivity contribution in [3.8, 4) is 5.75 Å². The molecule has 1 heterocycles. The molecule has 1 aromatic carbocycles. The summed E-state index contributed by atoms with van der Waals surface area (Å²) >= 11 is 0. The highest BCUT2D eigenvalue weighted by molar-refractivity contribution is 7.48. The summed E-state index contributed by atoms with van der Waals surface area (Å²) in [6.07, 6.45) is 1.81. The minimum atomic E-state index is -3.73. The van der Waals surface area contributed by atoms with E-state index in [1.807, 2.05) is 29.8 Å². The third-order valence-electron chi connectivity index (χ3n) is 4.31. The SMILES string of the molecule is COc1ccc2c(CCN(C)C)cn(C(C)OP(=O)(OC(C)C)OC(C)C)c2c1. The molecule has 2 aromatic rings. The lowest BCUT2D eigenvalue weighted by Gasteiger charge is -2.25. The number of nitrogens with zero attached hydrogens (tertiary/aromatic N) is 2. The summed E-state index contributed by atoms with van der Waals surface area (Å²) in [6, 6.07) is 5.97. The summed E-state index contributed by atoms with van der Waals surface area (Å²) in [6.45, 7) is 9.99. The van der Waals surface area contributed by atoms with Crippen LogP contribution in [0, 0.1) is 0 Å². The topological polar surface area (TPSA) is 62.2 Å². The number of likely N-dealkylation sites (N-methyl/N-ethyl adjacent to an activating group) is 1. The number of aromatic nitrogens is 1. The van der Waals surface area contributed by atoms with Crippen LogP contribution in [-0.2, 0) is 24.6 Å². The van der Waals surface area contributed by atoms with E-state index in [1.165, 1.54) is 5.56 Å². The molecule has 0 N–H and O–H groups in total. The van der Waals surface area contributed by atoms with Gasteiger partial charge >= 0.3 is 7.82 Å². The van der Waals surface area contributed by atoms with E-state index in [9.17, 15) is 4.57 Å². The normalized spacial score (nSPS) is 13.8. The predicted molar refractivity (Wildman–Crippen MR) is 117 cm³/mol. The molecule has 7 nitrogen and oxygen atoms in total. The molecule has 0 aliphatic rings. The number of fused-ring (bicyclic) bond motifs is 1. The summed E-state index contributed by atoms with van der Waals surface area (Å²) in [5.74, 6) is 0.753. The van der Waals surface area contributed by atoms with Crippen molar-refractivity contribution in [1.82, 2.24) is 9.47 Å². The number of phosphoric ester groups is 1. The van der Waals surface area contributed by atoms with Gasteiger partial charge in [-0.15, -0.1) is 0 Å². The number of benzene rings is 1. The molecule has 0 fully saturated rings. The van der Waals surface area contributed by atoms with E-state index < -0.39 is 14.1 Å². The lowest BCUT2D eigenvalue weighted by atomic mass is 10.1. The van der Waals surface area contributed by atoms with Gasteiger partial charge in [-0.25, -0.2) is 4.57 Å². The average Bonchev–Trinajstić information content (AvgIpc) is 2.95. The van der Waals surface area contributed by atoms with Crippen LogP contribution in [0.5, 0.6) is 5.75 Å². The maximum Gasteiger partial charge on any atom is 0.477 e. The Morgan fingerprint density at radius 2 is 1.66 bits per heavy atom. The van der Waals surface area contributed by atoms with Crippen molar-refractivity contribution in [2.75, 3.05) is 27.7 Å². The molecule has 29 heavy (non-hydrogen) atoms. The zero-order chi connectivity index (χ0) is 21.8.